The molecule has 3 atom stereocenters. The lowest BCUT2D eigenvalue weighted by atomic mass is 9.94. The summed E-state index contributed by atoms with van der Waals surface area (Å²) in [7, 11) is 1.72. The van der Waals surface area contributed by atoms with E-state index in [4.69, 9.17) is 27.1 Å². The quantitative estimate of drug-likeness (QED) is 0.478. The Labute approximate surface area is 222 Å². The van der Waals surface area contributed by atoms with Crippen LogP contribution in [0, 0.1) is 5.92 Å². The van der Waals surface area contributed by atoms with Gasteiger partial charge < -0.3 is 24.8 Å². The molecular formula is C28H34ClN5O3. The van der Waals surface area contributed by atoms with E-state index in [1.807, 2.05) is 23.1 Å². The van der Waals surface area contributed by atoms with Crippen LogP contribution in [0.3, 0.4) is 0 Å². The molecule has 3 aromatic rings. The zero-order valence-electron chi connectivity index (χ0n) is 21.2. The third-order valence-electron chi connectivity index (χ3n) is 7.59. The molecule has 1 unspecified atom stereocenters. The number of hydrogen-bond donors (Lipinski definition) is 1. The van der Waals surface area contributed by atoms with Gasteiger partial charge in [0.05, 0.1) is 27.5 Å². The number of nitrogens with zero attached hydrogens (tertiary/aromatic N) is 4. The molecule has 2 saturated heterocycles. The highest BCUT2D eigenvalue weighted by Crippen LogP contribution is 2.31. The van der Waals surface area contributed by atoms with Gasteiger partial charge in [0.2, 0.25) is 5.91 Å². The Morgan fingerprint density at radius 3 is 2.68 bits per heavy atom. The first-order valence-corrected chi connectivity index (χ1v) is 13.4. The van der Waals surface area contributed by atoms with E-state index in [0.717, 1.165) is 42.7 Å². The summed E-state index contributed by atoms with van der Waals surface area (Å²) in [6, 6.07) is 14.8. The molecule has 0 spiro atoms. The van der Waals surface area contributed by atoms with Gasteiger partial charge in [-0.3, -0.25) is 9.59 Å². The number of likely N-dealkylation sites (tertiary alicyclic amines) is 2. The number of methoxy groups -OCH3 is 1. The number of imidazole rings is 1. The maximum absolute atomic E-state index is 13.7. The highest BCUT2D eigenvalue weighted by atomic mass is 35.5. The molecule has 9 heteroatoms. The molecule has 1 aromatic heterocycles. The first-order valence-electron chi connectivity index (χ1n) is 13.0. The topological polar surface area (TPSA) is 93.7 Å². The second kappa shape index (κ2) is 11.2. The number of nitrogens with two attached hydrogens (primary N) is 1. The second-order valence-electron chi connectivity index (χ2n) is 10.0. The maximum atomic E-state index is 13.7. The van der Waals surface area contributed by atoms with Crippen molar-refractivity contribution in [1.82, 2.24) is 19.4 Å². The van der Waals surface area contributed by atoms with Crippen molar-refractivity contribution in [3.05, 3.63) is 64.9 Å². The van der Waals surface area contributed by atoms with Crippen molar-refractivity contribution < 1.29 is 14.3 Å². The number of aromatic nitrogens is 2. The van der Waals surface area contributed by atoms with Gasteiger partial charge in [-0.05, 0) is 43.5 Å². The molecule has 2 aliphatic rings. The molecule has 2 aromatic carbocycles. The summed E-state index contributed by atoms with van der Waals surface area (Å²) in [5, 5.41) is 0.406. The molecule has 8 nitrogen and oxygen atoms in total. The third-order valence-corrected chi connectivity index (χ3v) is 7.92. The third kappa shape index (κ3) is 5.23. The number of hydrogen-bond acceptors (Lipinski definition) is 5. The van der Waals surface area contributed by atoms with Crippen LogP contribution in [-0.2, 0) is 16.1 Å². The van der Waals surface area contributed by atoms with Crippen LogP contribution in [0.1, 0.15) is 41.4 Å². The molecule has 0 radical (unpaired) electrons. The summed E-state index contributed by atoms with van der Waals surface area (Å²) >= 11 is 6.24. The van der Waals surface area contributed by atoms with Gasteiger partial charge in [-0.2, -0.15) is 0 Å². The number of ether oxygens (including phenoxy) is 1. The number of carbonyl (C=O) groups excluding carboxylic acids is 2. The zero-order chi connectivity index (χ0) is 25.9. The van der Waals surface area contributed by atoms with Crippen molar-refractivity contribution in [1.29, 1.82) is 0 Å². The average Bonchev–Trinajstić information content (AvgIpc) is 3.49. The summed E-state index contributed by atoms with van der Waals surface area (Å²) in [4.78, 5) is 35.3. The van der Waals surface area contributed by atoms with E-state index >= 15 is 0 Å². The van der Waals surface area contributed by atoms with Crippen LogP contribution in [0.15, 0.2) is 48.5 Å². The standard InChI is InChI=1S/C28H34ClN5O3/c1-37-15-7-14-34-25-12-5-4-11-24(25)31-26(34)19-8-6-13-32(16-19)28(36)21-17-33(18-23(21)30)27(35)20-9-2-3-10-22(20)29/h2-5,9-12,19,21,23H,6-8,13-18,30H2,1H3/t19?,21-,23-/m1/s1. The van der Waals surface area contributed by atoms with Gasteiger partial charge in [0.15, 0.2) is 0 Å². The Bertz CT molecular complexity index is 1280. The number of amides is 2. The Hall–Kier alpha value is -2.94. The lowest BCUT2D eigenvalue weighted by Gasteiger charge is -2.35. The van der Waals surface area contributed by atoms with E-state index < -0.39 is 12.0 Å². The van der Waals surface area contributed by atoms with Crippen LogP contribution >= 0.6 is 11.6 Å². The van der Waals surface area contributed by atoms with Crippen molar-refractivity contribution in [3.63, 3.8) is 0 Å². The van der Waals surface area contributed by atoms with Gasteiger partial charge in [0, 0.05) is 58.4 Å². The summed E-state index contributed by atoms with van der Waals surface area (Å²) in [6.07, 6.45) is 2.78. The van der Waals surface area contributed by atoms with E-state index in [9.17, 15) is 9.59 Å². The van der Waals surface area contributed by atoms with E-state index in [1.54, 1.807) is 36.3 Å². The average molecular weight is 524 g/mol. The normalized spacial score (nSPS) is 22.1. The van der Waals surface area contributed by atoms with Gasteiger partial charge in [-0.15, -0.1) is 0 Å². The Balaban J connectivity index is 1.31. The first kappa shape index (κ1) is 25.7. The lowest BCUT2D eigenvalue weighted by molar-refractivity contribution is -0.136. The fraction of sp³-hybridized carbons (Fsp3) is 0.464. The molecule has 2 amide bonds. The fourth-order valence-corrected chi connectivity index (χ4v) is 5.91. The van der Waals surface area contributed by atoms with Gasteiger partial charge in [-0.1, -0.05) is 35.9 Å². The number of piperidine rings is 1. The summed E-state index contributed by atoms with van der Waals surface area (Å²) < 4.78 is 7.57. The smallest absolute Gasteiger partial charge is 0.255 e. The summed E-state index contributed by atoms with van der Waals surface area (Å²) in [6.45, 7) is 3.45. The van der Waals surface area contributed by atoms with Crippen molar-refractivity contribution in [3.8, 4) is 0 Å². The van der Waals surface area contributed by atoms with Crippen LogP contribution in [0.5, 0.6) is 0 Å². The van der Waals surface area contributed by atoms with Crippen molar-refractivity contribution in [2.24, 2.45) is 11.7 Å². The van der Waals surface area contributed by atoms with E-state index in [-0.39, 0.29) is 17.7 Å². The Morgan fingerprint density at radius 2 is 1.86 bits per heavy atom. The monoisotopic (exact) mass is 523 g/mol. The molecule has 2 N–H and O–H groups in total. The van der Waals surface area contributed by atoms with Gasteiger partial charge in [-0.25, -0.2) is 4.98 Å². The van der Waals surface area contributed by atoms with Crippen molar-refractivity contribution in [2.45, 2.75) is 37.8 Å². The highest BCUT2D eigenvalue weighted by Gasteiger charge is 2.41. The predicted octanol–water partition coefficient (Wildman–Crippen LogP) is 3.53. The van der Waals surface area contributed by atoms with Gasteiger partial charge in [0.1, 0.15) is 5.82 Å². The van der Waals surface area contributed by atoms with Gasteiger partial charge >= 0.3 is 0 Å². The van der Waals surface area contributed by atoms with E-state index in [2.05, 4.69) is 10.6 Å². The van der Waals surface area contributed by atoms with Crippen LogP contribution < -0.4 is 5.73 Å². The molecule has 2 fully saturated rings. The SMILES string of the molecule is COCCCn1c(C2CCCN(C(=O)[C@@H]3CN(C(=O)c4ccccc4Cl)C[C@H]3N)C2)nc2ccccc21. The largest absolute Gasteiger partial charge is 0.385 e. The lowest BCUT2D eigenvalue weighted by Crippen LogP contribution is -2.47. The molecule has 3 heterocycles. The Kier molecular flexibility index (Phi) is 7.79. The van der Waals surface area contributed by atoms with E-state index in [0.29, 0.717) is 43.4 Å². The summed E-state index contributed by atoms with van der Waals surface area (Å²) in [5.74, 6) is 0.587. The Morgan fingerprint density at radius 1 is 1.08 bits per heavy atom. The molecule has 37 heavy (non-hydrogen) atoms. The molecule has 0 saturated carbocycles. The number of aryl methyl sites for hydroxylation is 1. The number of fused-ring (bicyclic) bond motifs is 1. The number of halogens is 1. The number of rotatable bonds is 7. The van der Waals surface area contributed by atoms with Crippen LogP contribution in [0.4, 0.5) is 0 Å². The minimum absolute atomic E-state index is 0.0219. The van der Waals surface area contributed by atoms with Crippen molar-refractivity contribution >= 4 is 34.4 Å². The second-order valence-corrected chi connectivity index (χ2v) is 10.4. The molecule has 196 valence electrons. The maximum Gasteiger partial charge on any atom is 0.255 e. The number of carbonyl (C=O) groups is 2. The minimum atomic E-state index is -0.425. The number of benzene rings is 2. The predicted molar refractivity (Wildman–Crippen MR) is 144 cm³/mol. The molecular weight excluding hydrogens is 490 g/mol. The fourth-order valence-electron chi connectivity index (χ4n) is 5.69. The van der Waals surface area contributed by atoms with Crippen LogP contribution in [0.25, 0.3) is 11.0 Å². The minimum Gasteiger partial charge on any atom is -0.385 e. The van der Waals surface area contributed by atoms with Crippen molar-refractivity contribution in [2.75, 3.05) is 39.9 Å². The molecule has 0 aliphatic carbocycles. The van der Waals surface area contributed by atoms with Gasteiger partial charge in [0.25, 0.3) is 5.91 Å². The highest BCUT2D eigenvalue weighted by molar-refractivity contribution is 6.33. The first-order chi connectivity index (χ1) is 18.0. The van der Waals surface area contributed by atoms with Crippen LogP contribution in [-0.4, -0.2) is 77.1 Å². The molecule has 5 rings (SSSR count). The number of para-hydroxylation sites is 2. The summed E-state index contributed by atoms with van der Waals surface area (Å²) in [5.41, 5.74) is 8.95. The molecule has 0 bridgehead atoms. The molecule has 2 aliphatic heterocycles. The zero-order valence-corrected chi connectivity index (χ0v) is 21.9. The van der Waals surface area contributed by atoms with Crippen LogP contribution in [0.2, 0.25) is 5.02 Å². The van der Waals surface area contributed by atoms with E-state index in [1.165, 1.54) is 0 Å².